The molecule has 0 aromatic heterocycles. The van der Waals surface area contributed by atoms with E-state index in [1.807, 2.05) is 0 Å². The van der Waals surface area contributed by atoms with Gasteiger partial charge in [0.15, 0.2) is 0 Å². The van der Waals surface area contributed by atoms with Crippen LogP contribution < -0.4 is 15.5 Å². The molecule has 0 heterocycles. The van der Waals surface area contributed by atoms with Crippen molar-refractivity contribution in [2.45, 2.75) is 19.8 Å². The van der Waals surface area contributed by atoms with Gasteiger partial charge in [-0.2, -0.15) is 5.10 Å². The van der Waals surface area contributed by atoms with Crippen LogP contribution in [0.3, 0.4) is 0 Å². The van der Waals surface area contributed by atoms with Gasteiger partial charge in [0, 0.05) is 11.1 Å². The Kier molecular flexibility index (Phi) is 8.78. The average Bonchev–Trinajstić information content (AvgIpc) is 2.69. The molecular formula is C20H21Cl2N3O3. The number of amides is 2. The van der Waals surface area contributed by atoms with E-state index in [0.29, 0.717) is 33.5 Å². The van der Waals surface area contributed by atoms with Crippen LogP contribution in [0.25, 0.3) is 0 Å². The molecule has 2 aromatic rings. The minimum Gasteiger partial charge on any atom is -0.494 e. The number of hydrogen-bond acceptors (Lipinski definition) is 4. The molecule has 8 heteroatoms. The summed E-state index contributed by atoms with van der Waals surface area (Å²) in [5, 5.41) is 7.16. The quantitative estimate of drug-likeness (QED) is 0.364. The van der Waals surface area contributed by atoms with Crippen molar-refractivity contribution in [3.63, 3.8) is 0 Å². The Hall–Kier alpha value is -2.57. The maximum Gasteiger partial charge on any atom is 0.259 e. The summed E-state index contributed by atoms with van der Waals surface area (Å²) in [5.74, 6) is -0.143. The number of hydrazone groups is 1. The highest BCUT2D eigenvalue weighted by Crippen LogP contribution is 2.21. The summed E-state index contributed by atoms with van der Waals surface area (Å²) in [5.41, 5.74) is 3.24. The molecule has 0 atom stereocenters. The van der Waals surface area contributed by atoms with Crippen molar-refractivity contribution in [3.05, 3.63) is 63.6 Å². The summed E-state index contributed by atoms with van der Waals surface area (Å²) in [7, 11) is 0. The molecule has 2 amide bonds. The lowest BCUT2D eigenvalue weighted by Crippen LogP contribution is -2.34. The van der Waals surface area contributed by atoms with Crippen molar-refractivity contribution in [1.29, 1.82) is 0 Å². The number of ether oxygens (including phenoxy) is 1. The number of rotatable bonds is 9. The third kappa shape index (κ3) is 6.87. The maximum atomic E-state index is 12.1. The highest BCUT2D eigenvalue weighted by Gasteiger charge is 2.08. The number of carbonyl (C=O) groups excluding carboxylic acids is 2. The molecule has 2 N–H and O–H groups in total. The van der Waals surface area contributed by atoms with Crippen molar-refractivity contribution in [2.75, 3.05) is 13.2 Å². The van der Waals surface area contributed by atoms with E-state index in [4.69, 9.17) is 27.9 Å². The van der Waals surface area contributed by atoms with Crippen LogP contribution in [0.5, 0.6) is 5.75 Å². The van der Waals surface area contributed by atoms with Gasteiger partial charge in [-0.3, -0.25) is 9.59 Å². The van der Waals surface area contributed by atoms with E-state index in [-0.39, 0.29) is 12.5 Å². The molecule has 0 bridgehead atoms. The lowest BCUT2D eigenvalue weighted by Gasteiger charge is -2.07. The van der Waals surface area contributed by atoms with E-state index in [0.717, 1.165) is 12.8 Å². The number of carbonyl (C=O) groups is 2. The zero-order valence-electron chi connectivity index (χ0n) is 15.4. The van der Waals surface area contributed by atoms with Crippen LogP contribution in [0.4, 0.5) is 0 Å². The van der Waals surface area contributed by atoms with Gasteiger partial charge in [-0.05, 0) is 42.8 Å². The van der Waals surface area contributed by atoms with E-state index >= 15 is 0 Å². The van der Waals surface area contributed by atoms with Gasteiger partial charge in [0.2, 0.25) is 0 Å². The predicted molar refractivity (Wildman–Crippen MR) is 111 cm³/mol. The molecule has 0 radical (unpaired) electrons. The van der Waals surface area contributed by atoms with Crippen LogP contribution in [0.2, 0.25) is 10.0 Å². The van der Waals surface area contributed by atoms with Gasteiger partial charge >= 0.3 is 0 Å². The zero-order valence-corrected chi connectivity index (χ0v) is 16.9. The number of halogens is 2. The second kappa shape index (κ2) is 11.3. The molecule has 0 fully saturated rings. The Balaban J connectivity index is 1.79. The molecule has 0 aliphatic carbocycles. The molecule has 0 aliphatic rings. The fourth-order valence-electron chi connectivity index (χ4n) is 2.14. The summed E-state index contributed by atoms with van der Waals surface area (Å²) in [6.45, 7) is 2.51. The fourth-order valence-corrected chi connectivity index (χ4v) is 2.64. The number of benzene rings is 2. The first-order valence-corrected chi connectivity index (χ1v) is 9.54. The molecule has 28 heavy (non-hydrogen) atoms. The number of hydrogen-bond donors (Lipinski definition) is 2. The first-order chi connectivity index (χ1) is 13.5. The SMILES string of the molecule is CCCCOc1ccc(C(=O)NCC(=O)N/N=C/c2c(Cl)cccc2Cl)cc1. The molecule has 2 rings (SSSR count). The number of unbranched alkanes of at least 4 members (excludes halogenated alkanes) is 1. The second-order valence-corrected chi connectivity index (χ2v) is 6.65. The van der Waals surface area contributed by atoms with Gasteiger partial charge in [0.1, 0.15) is 5.75 Å². The minimum atomic E-state index is -0.479. The third-order valence-electron chi connectivity index (χ3n) is 3.68. The Morgan fingerprint density at radius 3 is 2.43 bits per heavy atom. The second-order valence-electron chi connectivity index (χ2n) is 5.84. The van der Waals surface area contributed by atoms with Crippen LogP contribution in [-0.2, 0) is 4.79 Å². The Morgan fingerprint density at radius 1 is 1.11 bits per heavy atom. The van der Waals surface area contributed by atoms with Crippen LogP contribution in [0.15, 0.2) is 47.6 Å². The zero-order chi connectivity index (χ0) is 20.4. The van der Waals surface area contributed by atoms with Crippen molar-refractivity contribution in [3.8, 4) is 5.75 Å². The van der Waals surface area contributed by atoms with Gasteiger partial charge in [0.25, 0.3) is 11.8 Å². The summed E-state index contributed by atoms with van der Waals surface area (Å²) >= 11 is 12.0. The molecule has 0 spiro atoms. The lowest BCUT2D eigenvalue weighted by atomic mass is 10.2. The van der Waals surface area contributed by atoms with Crippen LogP contribution in [-0.4, -0.2) is 31.2 Å². The van der Waals surface area contributed by atoms with Crippen molar-refractivity contribution >= 4 is 41.2 Å². The molecular weight excluding hydrogens is 401 g/mol. The summed E-state index contributed by atoms with van der Waals surface area (Å²) in [6, 6.07) is 11.8. The molecule has 0 saturated carbocycles. The first kappa shape index (κ1) is 21.7. The van der Waals surface area contributed by atoms with Gasteiger partial charge in [0.05, 0.1) is 29.4 Å². The van der Waals surface area contributed by atoms with Gasteiger partial charge in [-0.15, -0.1) is 0 Å². The minimum absolute atomic E-state index is 0.221. The monoisotopic (exact) mass is 421 g/mol. The Morgan fingerprint density at radius 2 is 1.79 bits per heavy atom. The molecule has 148 valence electrons. The largest absolute Gasteiger partial charge is 0.494 e. The third-order valence-corrected chi connectivity index (χ3v) is 4.33. The highest BCUT2D eigenvalue weighted by atomic mass is 35.5. The van der Waals surface area contributed by atoms with E-state index in [1.165, 1.54) is 6.21 Å². The predicted octanol–water partition coefficient (Wildman–Crippen LogP) is 4.05. The topological polar surface area (TPSA) is 79.8 Å². The summed E-state index contributed by atoms with van der Waals surface area (Å²) in [6.07, 6.45) is 3.38. The first-order valence-electron chi connectivity index (χ1n) is 8.78. The van der Waals surface area contributed by atoms with Crippen molar-refractivity contribution in [2.24, 2.45) is 5.10 Å². The van der Waals surface area contributed by atoms with Gasteiger partial charge < -0.3 is 10.1 Å². The number of nitrogens with zero attached hydrogens (tertiary/aromatic N) is 1. The number of nitrogens with one attached hydrogen (secondary N) is 2. The molecule has 6 nitrogen and oxygen atoms in total. The standard InChI is InChI=1S/C20H21Cl2N3O3/c1-2-3-11-28-15-9-7-14(8-10-15)20(27)23-13-19(26)25-24-12-16-17(21)5-4-6-18(16)22/h4-10,12H,2-3,11,13H2,1H3,(H,23,27)(H,25,26)/b24-12+. The summed E-state index contributed by atoms with van der Waals surface area (Å²) < 4.78 is 5.55. The van der Waals surface area contributed by atoms with E-state index in [9.17, 15) is 9.59 Å². The van der Waals surface area contributed by atoms with Crippen LogP contribution in [0.1, 0.15) is 35.7 Å². The molecule has 0 unspecified atom stereocenters. The highest BCUT2D eigenvalue weighted by molar-refractivity contribution is 6.38. The van der Waals surface area contributed by atoms with E-state index < -0.39 is 5.91 Å². The summed E-state index contributed by atoms with van der Waals surface area (Å²) in [4.78, 5) is 23.9. The smallest absolute Gasteiger partial charge is 0.259 e. The van der Waals surface area contributed by atoms with Gasteiger partial charge in [-0.25, -0.2) is 5.43 Å². The molecule has 0 saturated heterocycles. The van der Waals surface area contributed by atoms with Crippen molar-refractivity contribution < 1.29 is 14.3 Å². The Labute approximate surface area is 173 Å². The van der Waals surface area contributed by atoms with E-state index in [2.05, 4.69) is 22.8 Å². The van der Waals surface area contributed by atoms with Crippen LogP contribution >= 0.6 is 23.2 Å². The average molecular weight is 422 g/mol. The van der Waals surface area contributed by atoms with Crippen molar-refractivity contribution in [1.82, 2.24) is 10.7 Å². The van der Waals surface area contributed by atoms with Crippen LogP contribution in [0, 0.1) is 0 Å². The normalized spacial score (nSPS) is 10.7. The fraction of sp³-hybridized carbons (Fsp3) is 0.250. The molecule has 2 aromatic carbocycles. The van der Waals surface area contributed by atoms with E-state index in [1.54, 1.807) is 42.5 Å². The maximum absolute atomic E-state index is 12.1. The molecule has 0 aliphatic heterocycles. The Bertz CT molecular complexity index is 819. The van der Waals surface area contributed by atoms with Gasteiger partial charge in [-0.1, -0.05) is 42.6 Å². The lowest BCUT2D eigenvalue weighted by molar-refractivity contribution is -0.120.